The lowest BCUT2D eigenvalue weighted by Gasteiger charge is -2.11. The number of hydrogen-bond acceptors (Lipinski definition) is 3. The van der Waals surface area contributed by atoms with E-state index in [4.69, 9.17) is 0 Å². The first-order valence-electron chi connectivity index (χ1n) is 4.93. The van der Waals surface area contributed by atoms with Crippen molar-refractivity contribution < 1.29 is 9.59 Å². The van der Waals surface area contributed by atoms with Crippen molar-refractivity contribution in [2.75, 3.05) is 0 Å². The van der Waals surface area contributed by atoms with Crippen LogP contribution < -0.4 is 0 Å². The molecule has 2 rings (SSSR count). The molecule has 0 aromatic carbocycles. The summed E-state index contributed by atoms with van der Waals surface area (Å²) in [7, 11) is 0. The summed E-state index contributed by atoms with van der Waals surface area (Å²) in [6.45, 7) is 4.04. The van der Waals surface area contributed by atoms with Crippen LogP contribution in [0.4, 0.5) is 0 Å². The van der Waals surface area contributed by atoms with Gasteiger partial charge in [-0.05, 0) is 13.8 Å². The Balaban J connectivity index is 2.18. The quantitative estimate of drug-likeness (QED) is 0.725. The molecule has 1 aromatic heterocycles. The van der Waals surface area contributed by atoms with Crippen LogP contribution in [0.25, 0.3) is 0 Å². The molecule has 0 bridgehead atoms. The lowest BCUT2D eigenvalue weighted by molar-refractivity contribution is -0.139. The van der Waals surface area contributed by atoms with Gasteiger partial charge >= 0.3 is 0 Å². The Kier molecular flexibility index (Phi) is 2.30. The highest BCUT2D eigenvalue weighted by atomic mass is 16.2. The third-order valence-corrected chi connectivity index (χ3v) is 2.57. The maximum absolute atomic E-state index is 11.4. The second-order valence-corrected chi connectivity index (χ2v) is 3.77. The van der Waals surface area contributed by atoms with Crippen molar-refractivity contribution in [1.82, 2.24) is 14.9 Å². The van der Waals surface area contributed by atoms with Crippen molar-refractivity contribution in [2.24, 2.45) is 0 Å². The number of imide groups is 1. The van der Waals surface area contributed by atoms with Gasteiger partial charge in [-0.3, -0.25) is 14.5 Å². The molecule has 1 aliphatic heterocycles. The molecule has 2 amide bonds. The molecule has 2 heterocycles. The van der Waals surface area contributed by atoms with E-state index >= 15 is 0 Å². The molecule has 1 N–H and O–H groups in total. The molecule has 0 saturated carbocycles. The summed E-state index contributed by atoms with van der Waals surface area (Å²) in [5.41, 5.74) is 1.69. The van der Waals surface area contributed by atoms with Crippen LogP contribution in [0, 0.1) is 13.8 Å². The lowest BCUT2D eigenvalue weighted by atomic mass is 10.3. The number of rotatable bonds is 2. The SMILES string of the molecule is Cc1nc(CN2C(=O)CCC2=O)c(C)[nH]1. The highest BCUT2D eigenvalue weighted by Crippen LogP contribution is 2.16. The molecule has 1 fully saturated rings. The number of nitrogens with zero attached hydrogens (tertiary/aromatic N) is 2. The van der Waals surface area contributed by atoms with E-state index in [1.54, 1.807) is 0 Å². The first-order chi connectivity index (χ1) is 7.08. The Morgan fingerprint density at radius 2 is 1.87 bits per heavy atom. The largest absolute Gasteiger partial charge is 0.346 e. The summed E-state index contributed by atoms with van der Waals surface area (Å²) in [6, 6.07) is 0. The number of hydrogen-bond donors (Lipinski definition) is 1. The summed E-state index contributed by atoms with van der Waals surface area (Å²) in [5.74, 6) is 0.613. The van der Waals surface area contributed by atoms with Gasteiger partial charge in [-0.25, -0.2) is 4.98 Å². The fourth-order valence-corrected chi connectivity index (χ4v) is 1.76. The number of aromatic amines is 1. The molecule has 1 aromatic rings. The van der Waals surface area contributed by atoms with E-state index in [-0.39, 0.29) is 11.8 Å². The molecule has 0 atom stereocenters. The summed E-state index contributed by atoms with van der Waals surface area (Å²) < 4.78 is 0. The molecule has 15 heavy (non-hydrogen) atoms. The molecule has 0 aliphatic carbocycles. The molecule has 0 spiro atoms. The van der Waals surface area contributed by atoms with Gasteiger partial charge in [0.1, 0.15) is 5.82 Å². The van der Waals surface area contributed by atoms with Crippen molar-refractivity contribution in [3.05, 3.63) is 17.2 Å². The van der Waals surface area contributed by atoms with Crippen molar-refractivity contribution >= 4 is 11.8 Å². The lowest BCUT2D eigenvalue weighted by Crippen LogP contribution is -2.28. The zero-order valence-electron chi connectivity index (χ0n) is 8.83. The molecular weight excluding hydrogens is 194 g/mol. The summed E-state index contributed by atoms with van der Waals surface area (Å²) >= 11 is 0. The highest BCUT2D eigenvalue weighted by Gasteiger charge is 2.29. The van der Waals surface area contributed by atoms with E-state index in [1.807, 2.05) is 13.8 Å². The zero-order chi connectivity index (χ0) is 11.0. The van der Waals surface area contributed by atoms with Crippen LogP contribution in [0.5, 0.6) is 0 Å². The van der Waals surface area contributed by atoms with Crippen molar-refractivity contribution in [2.45, 2.75) is 33.2 Å². The fraction of sp³-hybridized carbons (Fsp3) is 0.500. The number of carbonyl (C=O) groups excluding carboxylic acids is 2. The third-order valence-electron chi connectivity index (χ3n) is 2.57. The topological polar surface area (TPSA) is 66.1 Å². The van der Waals surface area contributed by atoms with Crippen LogP contribution >= 0.6 is 0 Å². The molecule has 1 aliphatic rings. The van der Waals surface area contributed by atoms with Gasteiger partial charge in [0.2, 0.25) is 11.8 Å². The van der Waals surface area contributed by atoms with Crippen LogP contribution in [0.1, 0.15) is 30.1 Å². The molecular formula is C10H13N3O2. The van der Waals surface area contributed by atoms with E-state index in [2.05, 4.69) is 9.97 Å². The molecule has 1 saturated heterocycles. The predicted octanol–water partition coefficient (Wildman–Crippen LogP) is 0.676. The number of aryl methyl sites for hydroxylation is 2. The van der Waals surface area contributed by atoms with E-state index in [0.717, 1.165) is 17.2 Å². The normalized spacial score (nSPS) is 16.5. The Morgan fingerprint density at radius 3 is 2.33 bits per heavy atom. The van der Waals surface area contributed by atoms with Crippen molar-refractivity contribution in [1.29, 1.82) is 0 Å². The van der Waals surface area contributed by atoms with Gasteiger partial charge in [0.25, 0.3) is 0 Å². The molecule has 5 nitrogen and oxygen atoms in total. The number of aromatic nitrogens is 2. The maximum atomic E-state index is 11.4. The monoisotopic (exact) mass is 207 g/mol. The highest BCUT2D eigenvalue weighted by molar-refractivity contribution is 6.01. The van der Waals surface area contributed by atoms with Crippen molar-refractivity contribution in [3.8, 4) is 0 Å². The van der Waals surface area contributed by atoms with Gasteiger partial charge < -0.3 is 4.98 Å². The van der Waals surface area contributed by atoms with Crippen LogP contribution in [-0.4, -0.2) is 26.7 Å². The summed E-state index contributed by atoms with van der Waals surface area (Å²) in [6.07, 6.45) is 0.669. The molecule has 80 valence electrons. The first kappa shape index (κ1) is 9.89. The molecule has 0 radical (unpaired) electrons. The zero-order valence-corrected chi connectivity index (χ0v) is 8.83. The summed E-state index contributed by atoms with van der Waals surface area (Å²) in [5, 5.41) is 0. The van der Waals surface area contributed by atoms with E-state index in [9.17, 15) is 9.59 Å². The van der Waals surface area contributed by atoms with Gasteiger partial charge in [0.05, 0.1) is 12.2 Å². The van der Waals surface area contributed by atoms with Crippen LogP contribution in [0.3, 0.4) is 0 Å². The van der Waals surface area contributed by atoms with Gasteiger partial charge in [-0.15, -0.1) is 0 Å². The second-order valence-electron chi connectivity index (χ2n) is 3.77. The van der Waals surface area contributed by atoms with Crippen molar-refractivity contribution in [3.63, 3.8) is 0 Å². The van der Waals surface area contributed by atoms with Gasteiger partial charge in [-0.1, -0.05) is 0 Å². The van der Waals surface area contributed by atoms with E-state index in [1.165, 1.54) is 4.90 Å². The van der Waals surface area contributed by atoms with E-state index in [0.29, 0.717) is 19.4 Å². The Bertz CT molecular complexity index is 406. The third kappa shape index (κ3) is 1.77. The molecule has 5 heteroatoms. The van der Waals surface area contributed by atoms with Gasteiger partial charge in [-0.2, -0.15) is 0 Å². The number of nitrogens with one attached hydrogen (secondary N) is 1. The number of H-pyrrole nitrogens is 1. The van der Waals surface area contributed by atoms with Crippen LogP contribution in [-0.2, 0) is 16.1 Å². The first-order valence-corrected chi connectivity index (χ1v) is 4.93. The fourth-order valence-electron chi connectivity index (χ4n) is 1.76. The average molecular weight is 207 g/mol. The number of likely N-dealkylation sites (tertiary alicyclic amines) is 1. The number of carbonyl (C=O) groups is 2. The van der Waals surface area contributed by atoms with Crippen LogP contribution in [0.15, 0.2) is 0 Å². The predicted molar refractivity (Wildman–Crippen MR) is 52.9 cm³/mol. The minimum Gasteiger partial charge on any atom is -0.346 e. The standard InChI is InChI=1S/C10H13N3O2/c1-6-8(12-7(2)11-6)5-13-9(14)3-4-10(13)15/h3-5H2,1-2H3,(H,11,12). The maximum Gasteiger partial charge on any atom is 0.230 e. The summed E-state index contributed by atoms with van der Waals surface area (Å²) in [4.78, 5) is 31.3. The van der Waals surface area contributed by atoms with Gasteiger partial charge in [0, 0.05) is 18.5 Å². The molecule has 0 unspecified atom stereocenters. The Hall–Kier alpha value is -1.65. The number of imidazole rings is 1. The van der Waals surface area contributed by atoms with E-state index < -0.39 is 0 Å². The Morgan fingerprint density at radius 1 is 1.27 bits per heavy atom. The van der Waals surface area contributed by atoms with Gasteiger partial charge in [0.15, 0.2) is 0 Å². The number of amides is 2. The minimum absolute atomic E-state index is 0.0972. The second kappa shape index (κ2) is 3.49. The minimum atomic E-state index is -0.0972. The van der Waals surface area contributed by atoms with Crippen LogP contribution in [0.2, 0.25) is 0 Å². The Labute approximate surface area is 87.5 Å². The smallest absolute Gasteiger partial charge is 0.230 e. The average Bonchev–Trinajstić information content (AvgIpc) is 2.63.